The first-order chi connectivity index (χ1) is 19.8. The molecule has 0 saturated heterocycles. The number of sulfonamides is 1. The maximum atomic E-state index is 13.5. The molecule has 1 aliphatic carbocycles. The highest BCUT2D eigenvalue weighted by Gasteiger charge is 2.30. The Balaban J connectivity index is 1.54. The van der Waals surface area contributed by atoms with Gasteiger partial charge in [0.15, 0.2) is 5.65 Å². The van der Waals surface area contributed by atoms with E-state index in [1.165, 1.54) is 29.1 Å². The summed E-state index contributed by atoms with van der Waals surface area (Å²) >= 11 is 0. The van der Waals surface area contributed by atoms with Crippen LogP contribution in [0.1, 0.15) is 52.0 Å². The standard InChI is InChI=1S/C26H34F4N8O3S/c1-16(2)38-23-20(15-32-25(35-23)33-18-5-7-19(8-6-18)37(3)12-11-27)34-22(24(38)39)17-4-9-21(31-14-17)36-42(40,41)13-10-26(28,29)30/h4,9,14-16,18-19H,5-8,10-13H2,1-3H3,(H,31,36)(H,32,33,35). The van der Waals surface area contributed by atoms with Gasteiger partial charge in [0.05, 0.1) is 18.4 Å². The predicted octanol–water partition coefficient (Wildman–Crippen LogP) is 4.15. The van der Waals surface area contributed by atoms with Crippen LogP contribution in [0.15, 0.2) is 29.3 Å². The van der Waals surface area contributed by atoms with E-state index in [2.05, 4.69) is 25.3 Å². The minimum atomic E-state index is -4.61. The van der Waals surface area contributed by atoms with Gasteiger partial charge < -0.3 is 10.2 Å². The maximum absolute atomic E-state index is 13.5. The molecular weight excluding hydrogens is 580 g/mol. The Morgan fingerprint density at radius 2 is 1.81 bits per heavy atom. The van der Waals surface area contributed by atoms with Gasteiger partial charge in [-0.1, -0.05) is 0 Å². The van der Waals surface area contributed by atoms with Crippen LogP contribution in [0.3, 0.4) is 0 Å². The van der Waals surface area contributed by atoms with Crippen molar-refractivity contribution in [2.24, 2.45) is 0 Å². The number of hydrogen-bond donors (Lipinski definition) is 2. The first kappa shape index (κ1) is 31.5. The third kappa shape index (κ3) is 7.91. The number of aromatic nitrogens is 5. The van der Waals surface area contributed by atoms with Crippen molar-refractivity contribution in [3.05, 3.63) is 34.9 Å². The third-order valence-corrected chi connectivity index (χ3v) is 8.45. The van der Waals surface area contributed by atoms with Crippen LogP contribution in [0.2, 0.25) is 0 Å². The van der Waals surface area contributed by atoms with Crippen molar-refractivity contribution in [1.29, 1.82) is 0 Å². The number of nitrogens with zero attached hydrogens (tertiary/aromatic N) is 6. The highest BCUT2D eigenvalue weighted by atomic mass is 32.2. The van der Waals surface area contributed by atoms with Gasteiger partial charge in [-0.25, -0.2) is 27.8 Å². The van der Waals surface area contributed by atoms with Crippen LogP contribution in [0, 0.1) is 0 Å². The van der Waals surface area contributed by atoms with Crippen molar-refractivity contribution in [2.75, 3.05) is 36.1 Å². The topological polar surface area (TPSA) is 135 Å². The third-order valence-electron chi connectivity index (χ3n) is 7.19. The molecule has 2 N–H and O–H groups in total. The van der Waals surface area contributed by atoms with E-state index in [0.29, 0.717) is 29.7 Å². The molecule has 0 unspecified atom stereocenters. The zero-order chi connectivity index (χ0) is 30.7. The van der Waals surface area contributed by atoms with Crippen molar-refractivity contribution in [3.8, 4) is 11.3 Å². The lowest BCUT2D eigenvalue weighted by atomic mass is 9.90. The van der Waals surface area contributed by atoms with Crippen molar-refractivity contribution in [2.45, 2.75) is 70.3 Å². The Hall–Kier alpha value is -3.40. The number of fused-ring (bicyclic) bond motifs is 1. The number of hydrogen-bond acceptors (Lipinski definition) is 9. The second-order valence-electron chi connectivity index (χ2n) is 10.7. The van der Waals surface area contributed by atoms with Crippen LogP contribution in [0.25, 0.3) is 22.4 Å². The predicted molar refractivity (Wildman–Crippen MR) is 152 cm³/mol. The molecule has 1 saturated carbocycles. The van der Waals surface area contributed by atoms with Crippen molar-refractivity contribution >= 4 is 33.0 Å². The zero-order valence-corrected chi connectivity index (χ0v) is 24.3. The Bertz CT molecular complexity index is 1540. The number of rotatable bonds is 11. The molecule has 0 spiro atoms. The molecular formula is C26H34F4N8O3S. The Kier molecular flexibility index (Phi) is 9.65. The maximum Gasteiger partial charge on any atom is 0.390 e. The Morgan fingerprint density at radius 1 is 1.10 bits per heavy atom. The molecule has 0 aromatic carbocycles. The van der Waals surface area contributed by atoms with Crippen LogP contribution in [0.4, 0.5) is 29.3 Å². The number of halogens is 4. The van der Waals surface area contributed by atoms with Crippen molar-refractivity contribution < 1.29 is 26.0 Å². The van der Waals surface area contributed by atoms with Gasteiger partial charge >= 0.3 is 6.18 Å². The second-order valence-corrected chi connectivity index (χ2v) is 12.5. The van der Waals surface area contributed by atoms with Gasteiger partial charge in [0.25, 0.3) is 5.56 Å². The monoisotopic (exact) mass is 614 g/mol. The molecule has 0 aliphatic heterocycles. The van der Waals surface area contributed by atoms with E-state index in [9.17, 15) is 30.8 Å². The summed E-state index contributed by atoms with van der Waals surface area (Å²) in [5.74, 6) is -0.954. The molecule has 11 nitrogen and oxygen atoms in total. The molecule has 3 aromatic rings. The molecule has 0 radical (unpaired) electrons. The number of anilines is 2. The SMILES string of the molecule is CC(C)n1c(=O)c(-c2ccc(NS(=O)(=O)CCC(F)(F)F)nc2)nc2cnc(NC3CCC(N(C)CCF)CC3)nc21. The van der Waals surface area contributed by atoms with Gasteiger partial charge in [0.1, 0.15) is 23.7 Å². The zero-order valence-electron chi connectivity index (χ0n) is 23.5. The summed E-state index contributed by atoms with van der Waals surface area (Å²) in [4.78, 5) is 33.0. The van der Waals surface area contributed by atoms with E-state index in [1.54, 1.807) is 0 Å². The molecule has 0 amide bonds. The molecule has 1 fully saturated rings. The second kappa shape index (κ2) is 12.9. The van der Waals surface area contributed by atoms with Crippen LogP contribution in [0.5, 0.6) is 0 Å². The molecule has 42 heavy (non-hydrogen) atoms. The van der Waals surface area contributed by atoms with E-state index in [4.69, 9.17) is 0 Å². The van der Waals surface area contributed by atoms with Crippen molar-refractivity contribution in [1.82, 2.24) is 29.4 Å². The van der Waals surface area contributed by atoms with Crippen molar-refractivity contribution in [3.63, 3.8) is 0 Å². The molecule has 230 valence electrons. The fourth-order valence-corrected chi connectivity index (χ4v) is 5.99. The Morgan fingerprint density at radius 3 is 2.40 bits per heavy atom. The lowest BCUT2D eigenvalue weighted by molar-refractivity contribution is -0.129. The van der Waals surface area contributed by atoms with E-state index in [0.717, 1.165) is 25.7 Å². The van der Waals surface area contributed by atoms with Crippen LogP contribution in [-0.4, -0.2) is 82.1 Å². The number of nitrogens with one attached hydrogen (secondary N) is 2. The first-order valence-electron chi connectivity index (χ1n) is 13.6. The molecule has 3 aromatic heterocycles. The fraction of sp³-hybridized carbons (Fsp3) is 0.577. The van der Waals surface area contributed by atoms with Gasteiger partial charge in [-0.15, -0.1) is 0 Å². The molecule has 3 heterocycles. The summed E-state index contributed by atoms with van der Waals surface area (Å²) in [5, 5.41) is 3.35. The van der Waals surface area contributed by atoms with Gasteiger partial charge in [-0.05, 0) is 58.7 Å². The normalized spacial score (nSPS) is 18.1. The fourth-order valence-electron chi connectivity index (χ4n) is 4.95. The summed E-state index contributed by atoms with van der Waals surface area (Å²) in [5.41, 5.74) is 0.576. The molecule has 4 rings (SSSR count). The van der Waals surface area contributed by atoms with Crippen LogP contribution >= 0.6 is 0 Å². The summed E-state index contributed by atoms with van der Waals surface area (Å²) in [7, 11) is -2.34. The summed E-state index contributed by atoms with van der Waals surface area (Å²) in [6.45, 7) is 3.70. The molecule has 1 aliphatic rings. The molecule has 0 atom stereocenters. The minimum Gasteiger partial charge on any atom is -0.351 e. The van der Waals surface area contributed by atoms with E-state index >= 15 is 0 Å². The average molecular weight is 615 g/mol. The average Bonchev–Trinajstić information content (AvgIpc) is 2.92. The van der Waals surface area contributed by atoms with Gasteiger partial charge in [-0.3, -0.25) is 14.1 Å². The minimum absolute atomic E-state index is 0.0372. The van der Waals surface area contributed by atoms with E-state index in [-0.39, 0.29) is 35.8 Å². The van der Waals surface area contributed by atoms with E-state index < -0.39 is 33.9 Å². The smallest absolute Gasteiger partial charge is 0.351 e. The molecule has 0 bridgehead atoms. The Labute approximate surface area is 240 Å². The summed E-state index contributed by atoms with van der Waals surface area (Å²) in [6.07, 6.45) is 0.228. The summed E-state index contributed by atoms with van der Waals surface area (Å²) in [6, 6.07) is 2.84. The lowest BCUT2D eigenvalue weighted by Crippen LogP contribution is -2.39. The van der Waals surface area contributed by atoms with Gasteiger partial charge in [-0.2, -0.15) is 18.2 Å². The quantitative estimate of drug-likeness (QED) is 0.306. The summed E-state index contributed by atoms with van der Waals surface area (Å²) < 4.78 is 77.4. The lowest BCUT2D eigenvalue weighted by Gasteiger charge is -2.34. The number of alkyl halides is 4. The first-order valence-corrected chi connectivity index (χ1v) is 15.3. The van der Waals surface area contributed by atoms with Gasteiger partial charge in [0.2, 0.25) is 16.0 Å². The van der Waals surface area contributed by atoms with Gasteiger partial charge in [0, 0.05) is 36.4 Å². The number of pyridine rings is 1. The largest absolute Gasteiger partial charge is 0.390 e. The van der Waals surface area contributed by atoms with Crippen LogP contribution in [-0.2, 0) is 10.0 Å². The molecule has 16 heteroatoms. The van der Waals surface area contributed by atoms with Crippen LogP contribution < -0.4 is 15.6 Å². The highest BCUT2D eigenvalue weighted by Crippen LogP contribution is 2.26. The highest BCUT2D eigenvalue weighted by molar-refractivity contribution is 7.92. The van der Waals surface area contributed by atoms with E-state index in [1.807, 2.05) is 30.5 Å².